The topological polar surface area (TPSA) is 29.9 Å². The van der Waals surface area contributed by atoms with E-state index in [4.69, 9.17) is 9.90 Å². The largest absolute Gasteiger partial charge is 0.437 e. The summed E-state index contributed by atoms with van der Waals surface area (Å²) in [6.45, 7) is 0.943. The summed E-state index contributed by atoms with van der Waals surface area (Å²) < 4.78 is 40.5. The predicted octanol–water partition coefficient (Wildman–Crippen LogP) is 8.23. The van der Waals surface area contributed by atoms with Crippen LogP contribution >= 0.6 is 0 Å². The molecule has 1 fully saturated rings. The SMILES string of the molecule is [2H]C([2H])([2H])C([2H])(C)c1ccc2c(n1)oc1c(-c3c(-c4ccc(C5CCCC5)cc4)ccc[n+]3C)c(C)ccc12. The maximum atomic E-state index is 8.49. The van der Waals surface area contributed by atoms with Gasteiger partial charge in [0.1, 0.15) is 7.05 Å². The lowest BCUT2D eigenvalue weighted by molar-refractivity contribution is -0.659. The van der Waals surface area contributed by atoms with Gasteiger partial charge in [0.15, 0.2) is 11.8 Å². The number of benzene rings is 2. The Hall–Kier alpha value is -3.46. The quantitative estimate of drug-likeness (QED) is 0.250. The highest BCUT2D eigenvalue weighted by molar-refractivity contribution is 6.09. The van der Waals surface area contributed by atoms with Gasteiger partial charge in [-0.3, -0.25) is 0 Å². The molecule has 0 aliphatic heterocycles. The molecule has 176 valence electrons. The molecule has 35 heavy (non-hydrogen) atoms. The molecule has 3 heteroatoms. The first-order chi connectivity index (χ1) is 18.6. The van der Waals surface area contributed by atoms with Crippen LogP contribution in [0.3, 0.4) is 0 Å². The van der Waals surface area contributed by atoms with Crippen molar-refractivity contribution in [1.29, 1.82) is 0 Å². The van der Waals surface area contributed by atoms with Crippen molar-refractivity contribution >= 4 is 22.1 Å². The van der Waals surface area contributed by atoms with E-state index in [1.807, 2.05) is 25.4 Å². The van der Waals surface area contributed by atoms with E-state index < -0.39 is 12.7 Å². The second-order valence-electron chi connectivity index (χ2n) is 9.90. The number of aryl methyl sites for hydroxylation is 2. The molecule has 1 atom stereocenters. The van der Waals surface area contributed by atoms with Crippen LogP contribution < -0.4 is 4.57 Å². The molecule has 5 aromatic rings. The highest BCUT2D eigenvalue weighted by Crippen LogP contribution is 2.41. The molecule has 1 aliphatic carbocycles. The lowest BCUT2D eigenvalue weighted by atomic mass is 9.92. The maximum absolute atomic E-state index is 8.49. The van der Waals surface area contributed by atoms with Crippen LogP contribution in [0.5, 0.6) is 0 Å². The molecule has 0 radical (unpaired) electrons. The highest BCUT2D eigenvalue weighted by Gasteiger charge is 2.25. The molecule has 0 N–H and O–H groups in total. The van der Waals surface area contributed by atoms with E-state index in [1.54, 1.807) is 6.07 Å². The van der Waals surface area contributed by atoms with Crippen LogP contribution in [-0.4, -0.2) is 4.98 Å². The van der Waals surface area contributed by atoms with Gasteiger partial charge in [-0.25, -0.2) is 9.55 Å². The molecule has 1 unspecified atom stereocenters. The summed E-state index contributed by atoms with van der Waals surface area (Å²) in [6, 6.07) is 20.8. The number of pyridine rings is 2. The third-order valence-electron chi connectivity index (χ3n) is 7.56. The zero-order valence-corrected chi connectivity index (χ0v) is 20.6. The van der Waals surface area contributed by atoms with Crippen LogP contribution in [0.4, 0.5) is 0 Å². The van der Waals surface area contributed by atoms with Crippen molar-refractivity contribution in [1.82, 2.24) is 4.98 Å². The fourth-order valence-electron chi connectivity index (χ4n) is 5.67. The lowest BCUT2D eigenvalue weighted by Gasteiger charge is -2.13. The fraction of sp³-hybridized carbons (Fsp3) is 0.312. The molecule has 2 aromatic carbocycles. The number of nitrogens with zero attached hydrogens (tertiary/aromatic N) is 2. The normalized spacial score (nSPS) is 18.3. The smallest absolute Gasteiger partial charge is 0.227 e. The number of rotatable bonds is 4. The van der Waals surface area contributed by atoms with Gasteiger partial charge in [0, 0.05) is 28.0 Å². The monoisotopic (exact) mass is 465 g/mol. The summed E-state index contributed by atoms with van der Waals surface area (Å²) >= 11 is 0. The molecule has 1 aliphatic rings. The minimum Gasteiger partial charge on any atom is -0.437 e. The van der Waals surface area contributed by atoms with Crippen LogP contribution in [0.25, 0.3) is 44.5 Å². The molecule has 3 nitrogen and oxygen atoms in total. The molecular weight excluding hydrogens is 428 g/mol. The zero-order chi connectivity index (χ0) is 27.5. The summed E-state index contributed by atoms with van der Waals surface area (Å²) in [7, 11) is 2.05. The highest BCUT2D eigenvalue weighted by atomic mass is 16.3. The molecule has 0 spiro atoms. The maximum Gasteiger partial charge on any atom is 0.227 e. The summed E-state index contributed by atoms with van der Waals surface area (Å²) in [5, 5.41) is 1.72. The van der Waals surface area contributed by atoms with Crippen molar-refractivity contribution in [3.05, 3.63) is 83.7 Å². The van der Waals surface area contributed by atoms with Gasteiger partial charge in [0.25, 0.3) is 0 Å². The molecule has 0 bridgehead atoms. The van der Waals surface area contributed by atoms with Crippen molar-refractivity contribution in [2.45, 2.75) is 58.2 Å². The fourth-order valence-corrected chi connectivity index (χ4v) is 5.67. The van der Waals surface area contributed by atoms with Crippen molar-refractivity contribution in [3.8, 4) is 22.4 Å². The lowest BCUT2D eigenvalue weighted by Crippen LogP contribution is -2.31. The Morgan fingerprint density at radius 2 is 1.80 bits per heavy atom. The third kappa shape index (κ3) is 3.74. The Morgan fingerprint density at radius 3 is 2.57 bits per heavy atom. The van der Waals surface area contributed by atoms with E-state index in [0.29, 0.717) is 17.2 Å². The van der Waals surface area contributed by atoms with Crippen molar-refractivity contribution in [3.63, 3.8) is 0 Å². The first-order valence-electron chi connectivity index (χ1n) is 14.5. The van der Waals surface area contributed by atoms with Crippen LogP contribution in [0.1, 0.15) is 73.6 Å². The Balaban J connectivity index is 1.53. The second-order valence-corrected chi connectivity index (χ2v) is 9.90. The van der Waals surface area contributed by atoms with E-state index in [9.17, 15) is 0 Å². The standard InChI is InChI=1S/C32H33N2O/c1-20(2)28-18-17-27-26-16-11-21(3)29(31(26)35-32(27)33-28)30-25(10-7-19-34(30)4)24-14-12-23(13-15-24)22-8-5-6-9-22/h7,10-20,22H,5-6,8-9H2,1-4H3/q+1/i1D3,20D. The summed E-state index contributed by atoms with van der Waals surface area (Å²) in [5.41, 5.74) is 8.01. The minimum atomic E-state index is -2.51. The predicted molar refractivity (Wildman–Crippen MR) is 144 cm³/mol. The van der Waals surface area contributed by atoms with Crippen LogP contribution in [0, 0.1) is 6.92 Å². The zero-order valence-electron chi connectivity index (χ0n) is 24.6. The Labute approximate surface area is 213 Å². The molecule has 6 rings (SSSR count). The molecule has 0 saturated heterocycles. The Bertz CT molecular complexity index is 1690. The minimum absolute atomic E-state index is 0.167. The van der Waals surface area contributed by atoms with E-state index in [0.717, 1.165) is 38.7 Å². The average molecular weight is 466 g/mol. The van der Waals surface area contributed by atoms with Gasteiger partial charge in [-0.05, 0) is 66.5 Å². The van der Waals surface area contributed by atoms with Gasteiger partial charge in [-0.1, -0.05) is 63.0 Å². The molecule has 3 aromatic heterocycles. The third-order valence-corrected chi connectivity index (χ3v) is 7.56. The van der Waals surface area contributed by atoms with Gasteiger partial charge in [-0.15, -0.1) is 0 Å². The first-order valence-corrected chi connectivity index (χ1v) is 12.5. The van der Waals surface area contributed by atoms with Crippen molar-refractivity contribution < 1.29 is 14.5 Å². The Kier molecular flexibility index (Phi) is 4.42. The van der Waals surface area contributed by atoms with Gasteiger partial charge in [0.2, 0.25) is 11.4 Å². The van der Waals surface area contributed by atoms with E-state index in [-0.39, 0.29) is 5.69 Å². The van der Waals surface area contributed by atoms with Crippen LogP contribution in [0.15, 0.2) is 71.3 Å². The number of furan rings is 1. The second kappa shape index (κ2) is 8.64. The van der Waals surface area contributed by atoms with Gasteiger partial charge < -0.3 is 4.42 Å². The van der Waals surface area contributed by atoms with Crippen molar-refractivity contribution in [2.24, 2.45) is 7.05 Å². The summed E-state index contributed by atoms with van der Waals surface area (Å²) in [4.78, 5) is 4.54. The summed E-state index contributed by atoms with van der Waals surface area (Å²) in [6.07, 6.45) is 7.24. The molecular formula is C32H33N2O+. The van der Waals surface area contributed by atoms with Gasteiger partial charge in [-0.2, -0.15) is 0 Å². The summed E-state index contributed by atoms with van der Waals surface area (Å²) in [5.74, 6) is -1.17. The molecule has 0 amide bonds. The van der Waals surface area contributed by atoms with E-state index in [2.05, 4.69) is 58.9 Å². The van der Waals surface area contributed by atoms with E-state index >= 15 is 0 Å². The van der Waals surface area contributed by atoms with Crippen LogP contribution in [-0.2, 0) is 7.05 Å². The number of fused-ring (bicyclic) bond motifs is 3. The molecule has 3 heterocycles. The molecule has 1 saturated carbocycles. The number of aromatic nitrogens is 2. The number of hydrogen-bond donors (Lipinski definition) is 0. The van der Waals surface area contributed by atoms with Gasteiger partial charge in [0.05, 0.1) is 11.1 Å². The Morgan fingerprint density at radius 1 is 1.03 bits per heavy atom. The van der Waals surface area contributed by atoms with Crippen LogP contribution in [0.2, 0.25) is 0 Å². The van der Waals surface area contributed by atoms with Crippen molar-refractivity contribution in [2.75, 3.05) is 0 Å². The average Bonchev–Trinajstić information content (AvgIpc) is 3.56. The first kappa shape index (κ1) is 17.9. The number of hydrogen-bond acceptors (Lipinski definition) is 2. The van der Waals surface area contributed by atoms with E-state index in [1.165, 1.54) is 38.2 Å². The van der Waals surface area contributed by atoms with Gasteiger partial charge >= 0.3 is 0 Å².